The zero-order valence-corrected chi connectivity index (χ0v) is 17.0. The van der Waals surface area contributed by atoms with E-state index in [0.717, 1.165) is 24.0 Å². The summed E-state index contributed by atoms with van der Waals surface area (Å²) >= 11 is 0. The number of amides is 1. The van der Waals surface area contributed by atoms with Gasteiger partial charge < -0.3 is 15.8 Å². The second kappa shape index (κ2) is 7.03. The molecule has 0 fully saturated rings. The van der Waals surface area contributed by atoms with Crippen LogP contribution in [0.1, 0.15) is 38.3 Å². The number of nitrogens with zero attached hydrogens (tertiary/aromatic N) is 2. The predicted molar refractivity (Wildman–Crippen MR) is 116 cm³/mol. The standard InChI is InChI=1S/C23H26N4O2/c1-15-6-4-5-7-19(25-12-15)20(28)26-17-9-8-16-11-22(2,3)13-23(18(16)10-17)14-29-21(24)27-23/h4-10,12H,11,13-14H2,1-3H3,(H2,24,27)(H,26,28)/b5-4+,6-4?,7-5?,15-6?,15-12?,19-7-,25-12?,25-19?. The maximum atomic E-state index is 12.8. The predicted octanol–water partition coefficient (Wildman–Crippen LogP) is 3.61. The molecule has 1 atom stereocenters. The van der Waals surface area contributed by atoms with Crippen LogP contribution in [-0.4, -0.2) is 24.8 Å². The van der Waals surface area contributed by atoms with Gasteiger partial charge in [0.05, 0.1) is 0 Å². The zero-order valence-electron chi connectivity index (χ0n) is 17.0. The lowest BCUT2D eigenvalue weighted by Crippen LogP contribution is -2.39. The van der Waals surface area contributed by atoms with E-state index in [1.807, 2.05) is 37.3 Å². The Balaban J connectivity index is 1.64. The number of carbonyl (C=O) groups excluding carboxylic acids is 1. The molecule has 0 radical (unpaired) electrons. The molecule has 29 heavy (non-hydrogen) atoms. The minimum atomic E-state index is -0.496. The fraction of sp³-hybridized carbons (Fsp3) is 0.348. The normalized spacial score (nSPS) is 27.5. The molecule has 3 N–H and O–H groups in total. The minimum Gasteiger partial charge on any atom is -0.462 e. The Morgan fingerprint density at radius 2 is 2.03 bits per heavy atom. The van der Waals surface area contributed by atoms with E-state index >= 15 is 0 Å². The van der Waals surface area contributed by atoms with Crippen molar-refractivity contribution in [2.45, 2.75) is 39.2 Å². The summed E-state index contributed by atoms with van der Waals surface area (Å²) in [7, 11) is 0. The van der Waals surface area contributed by atoms with Crippen LogP contribution in [0.2, 0.25) is 0 Å². The molecular formula is C23H26N4O2. The summed E-state index contributed by atoms with van der Waals surface area (Å²) in [6.45, 7) is 6.84. The third-order valence-corrected chi connectivity index (χ3v) is 5.46. The Morgan fingerprint density at radius 3 is 2.79 bits per heavy atom. The Kier molecular flexibility index (Phi) is 4.65. The molecule has 0 saturated heterocycles. The maximum absolute atomic E-state index is 12.8. The number of fused-ring (bicyclic) bond motifs is 2. The lowest BCUT2D eigenvalue weighted by molar-refractivity contribution is -0.112. The summed E-state index contributed by atoms with van der Waals surface area (Å²) < 4.78 is 5.55. The van der Waals surface area contributed by atoms with Gasteiger partial charge in [0.2, 0.25) is 0 Å². The number of hydrogen-bond acceptors (Lipinski definition) is 5. The first-order chi connectivity index (χ1) is 13.8. The number of ether oxygens (including phenoxy) is 1. The van der Waals surface area contributed by atoms with Gasteiger partial charge in [-0.1, -0.05) is 38.1 Å². The van der Waals surface area contributed by atoms with Gasteiger partial charge in [0, 0.05) is 11.9 Å². The van der Waals surface area contributed by atoms with E-state index in [1.165, 1.54) is 5.56 Å². The summed E-state index contributed by atoms with van der Waals surface area (Å²) in [4.78, 5) is 21.7. The van der Waals surface area contributed by atoms with Crippen LogP contribution < -0.4 is 11.1 Å². The number of nitrogens with one attached hydrogen (secondary N) is 1. The average Bonchev–Trinajstić information content (AvgIpc) is 2.99. The van der Waals surface area contributed by atoms with Gasteiger partial charge in [0.25, 0.3) is 11.9 Å². The van der Waals surface area contributed by atoms with E-state index in [-0.39, 0.29) is 17.3 Å². The molecule has 4 rings (SSSR count). The van der Waals surface area contributed by atoms with Crippen LogP contribution in [0.15, 0.2) is 63.8 Å². The van der Waals surface area contributed by atoms with Gasteiger partial charge >= 0.3 is 0 Å². The zero-order chi connectivity index (χ0) is 20.6. The second-order valence-electron chi connectivity index (χ2n) is 8.72. The molecule has 0 bridgehead atoms. The molecule has 1 unspecified atom stereocenters. The SMILES string of the molecule is CC1=C/C=C/C=C(/C(=O)Nc2ccc3c(c2)C2(COC(N)=N2)CC(C)(C)C3)N=C1. The van der Waals surface area contributed by atoms with Crippen LogP contribution >= 0.6 is 0 Å². The maximum Gasteiger partial charge on any atom is 0.283 e. The van der Waals surface area contributed by atoms with E-state index in [9.17, 15) is 4.79 Å². The first-order valence-corrected chi connectivity index (χ1v) is 9.79. The number of allylic oxidation sites excluding steroid dienone is 5. The third-order valence-electron chi connectivity index (χ3n) is 5.46. The number of rotatable bonds is 2. The van der Waals surface area contributed by atoms with Crippen molar-refractivity contribution in [3.63, 3.8) is 0 Å². The van der Waals surface area contributed by atoms with Crippen LogP contribution in [0, 0.1) is 5.41 Å². The Bertz CT molecular complexity index is 1010. The van der Waals surface area contributed by atoms with Crippen molar-refractivity contribution in [1.82, 2.24) is 0 Å². The highest BCUT2D eigenvalue weighted by Gasteiger charge is 2.47. The summed E-state index contributed by atoms with van der Waals surface area (Å²) in [5, 5.41) is 2.97. The summed E-state index contributed by atoms with van der Waals surface area (Å²) in [5.41, 5.74) is 9.79. The largest absolute Gasteiger partial charge is 0.462 e. The van der Waals surface area contributed by atoms with Gasteiger partial charge in [-0.05, 0) is 60.1 Å². The molecule has 6 nitrogen and oxygen atoms in total. The lowest BCUT2D eigenvalue weighted by Gasteiger charge is -2.41. The van der Waals surface area contributed by atoms with Crippen molar-refractivity contribution in [3.05, 3.63) is 64.9 Å². The van der Waals surface area contributed by atoms with Crippen molar-refractivity contribution in [2.24, 2.45) is 21.1 Å². The quantitative estimate of drug-likeness (QED) is 0.808. The Hall–Kier alpha value is -3.15. The highest BCUT2D eigenvalue weighted by Crippen LogP contribution is 2.49. The van der Waals surface area contributed by atoms with Crippen molar-refractivity contribution < 1.29 is 9.53 Å². The smallest absolute Gasteiger partial charge is 0.283 e. The first kappa shape index (κ1) is 19.2. The van der Waals surface area contributed by atoms with E-state index in [2.05, 4.69) is 35.2 Å². The van der Waals surface area contributed by atoms with Crippen LogP contribution in [0.25, 0.3) is 0 Å². The molecule has 2 heterocycles. The van der Waals surface area contributed by atoms with Gasteiger partial charge in [-0.15, -0.1) is 0 Å². The average molecular weight is 390 g/mol. The van der Waals surface area contributed by atoms with Crippen LogP contribution in [0.3, 0.4) is 0 Å². The number of aliphatic imine (C=N–C) groups is 2. The Labute approximate surface area is 171 Å². The molecule has 6 heteroatoms. The van der Waals surface area contributed by atoms with E-state index in [0.29, 0.717) is 18.0 Å². The fourth-order valence-corrected chi connectivity index (χ4v) is 4.34. The number of carbonyl (C=O) groups is 1. The summed E-state index contributed by atoms with van der Waals surface area (Å²) in [5.74, 6) is -0.253. The van der Waals surface area contributed by atoms with Crippen molar-refractivity contribution in [3.8, 4) is 0 Å². The van der Waals surface area contributed by atoms with Crippen molar-refractivity contribution in [2.75, 3.05) is 11.9 Å². The molecule has 1 amide bonds. The molecule has 1 aliphatic carbocycles. The summed E-state index contributed by atoms with van der Waals surface area (Å²) in [6.07, 6.45) is 10.8. The van der Waals surface area contributed by atoms with E-state index < -0.39 is 5.54 Å². The monoisotopic (exact) mass is 390 g/mol. The molecule has 1 spiro atoms. The fourth-order valence-electron chi connectivity index (χ4n) is 4.34. The first-order valence-electron chi connectivity index (χ1n) is 9.79. The van der Waals surface area contributed by atoms with Gasteiger partial charge in [-0.25, -0.2) is 4.99 Å². The molecule has 150 valence electrons. The molecule has 0 saturated carbocycles. The Morgan fingerprint density at radius 1 is 1.24 bits per heavy atom. The molecule has 1 aromatic carbocycles. The highest BCUT2D eigenvalue weighted by atomic mass is 16.5. The summed E-state index contributed by atoms with van der Waals surface area (Å²) in [6, 6.07) is 6.23. The molecule has 2 aliphatic heterocycles. The van der Waals surface area contributed by atoms with Crippen LogP contribution in [0.4, 0.5) is 5.69 Å². The number of hydrogen-bond donors (Lipinski definition) is 2. The number of benzene rings is 1. The second-order valence-corrected chi connectivity index (χ2v) is 8.72. The van der Waals surface area contributed by atoms with Gasteiger partial charge in [-0.3, -0.25) is 9.79 Å². The van der Waals surface area contributed by atoms with E-state index in [1.54, 1.807) is 12.3 Å². The number of amidine groups is 1. The van der Waals surface area contributed by atoms with Crippen molar-refractivity contribution >= 4 is 23.8 Å². The number of nitrogens with two attached hydrogens (primary N) is 1. The number of anilines is 1. The van der Waals surface area contributed by atoms with Gasteiger partial charge in [0.15, 0.2) is 0 Å². The topological polar surface area (TPSA) is 89.1 Å². The van der Waals surface area contributed by atoms with Crippen LogP contribution in [-0.2, 0) is 21.5 Å². The highest BCUT2D eigenvalue weighted by molar-refractivity contribution is 6.05. The van der Waals surface area contributed by atoms with Crippen molar-refractivity contribution in [1.29, 1.82) is 0 Å². The minimum absolute atomic E-state index is 0.0886. The lowest BCUT2D eigenvalue weighted by atomic mass is 9.65. The van der Waals surface area contributed by atoms with Crippen LogP contribution in [0.5, 0.6) is 0 Å². The molecule has 1 aromatic rings. The third kappa shape index (κ3) is 3.88. The van der Waals surface area contributed by atoms with Gasteiger partial charge in [-0.2, -0.15) is 0 Å². The molecule has 3 aliphatic rings. The molecular weight excluding hydrogens is 364 g/mol. The van der Waals surface area contributed by atoms with Gasteiger partial charge in [0.1, 0.15) is 17.8 Å². The van der Waals surface area contributed by atoms with E-state index in [4.69, 9.17) is 10.5 Å². The molecule has 0 aromatic heterocycles.